The summed E-state index contributed by atoms with van der Waals surface area (Å²) in [5, 5.41) is 6.37. The maximum atomic E-state index is 12.1. The number of rotatable bonds is 5. The van der Waals surface area contributed by atoms with E-state index in [9.17, 15) is 9.59 Å². The zero-order valence-electron chi connectivity index (χ0n) is 14.0. The lowest BCUT2D eigenvalue weighted by atomic mass is 10.2. The zero-order chi connectivity index (χ0) is 17.8. The molecule has 2 aromatic carbocycles. The fourth-order valence-electron chi connectivity index (χ4n) is 2.78. The van der Waals surface area contributed by atoms with Crippen molar-refractivity contribution in [3.63, 3.8) is 0 Å². The van der Waals surface area contributed by atoms with Gasteiger partial charge in [0.05, 0.1) is 17.3 Å². The first-order chi connectivity index (χ1) is 12.0. The van der Waals surface area contributed by atoms with Crippen LogP contribution in [0.4, 0.5) is 17.1 Å². The summed E-state index contributed by atoms with van der Waals surface area (Å²) in [7, 11) is 0. The SMILES string of the molecule is Cc1ccc(NC(=O)CNc2ccc(N3CCCC3=O)cc2)c(Cl)c1. The lowest BCUT2D eigenvalue weighted by molar-refractivity contribution is -0.117. The third-order valence-electron chi connectivity index (χ3n) is 4.10. The van der Waals surface area contributed by atoms with Crippen molar-refractivity contribution < 1.29 is 9.59 Å². The maximum absolute atomic E-state index is 12.1. The zero-order valence-corrected chi connectivity index (χ0v) is 14.8. The van der Waals surface area contributed by atoms with Gasteiger partial charge in [0.2, 0.25) is 11.8 Å². The molecule has 0 saturated carbocycles. The highest BCUT2D eigenvalue weighted by atomic mass is 35.5. The number of anilines is 3. The minimum atomic E-state index is -0.176. The Balaban J connectivity index is 1.54. The third kappa shape index (κ3) is 4.31. The highest BCUT2D eigenvalue weighted by Crippen LogP contribution is 2.24. The predicted molar refractivity (Wildman–Crippen MR) is 101 cm³/mol. The summed E-state index contributed by atoms with van der Waals surface area (Å²) in [5.41, 5.74) is 3.35. The number of nitrogens with zero attached hydrogens (tertiary/aromatic N) is 1. The van der Waals surface area contributed by atoms with Crippen molar-refractivity contribution in [1.29, 1.82) is 0 Å². The molecule has 1 saturated heterocycles. The molecule has 0 atom stereocenters. The van der Waals surface area contributed by atoms with Gasteiger partial charge in [-0.1, -0.05) is 17.7 Å². The van der Waals surface area contributed by atoms with Gasteiger partial charge in [0.15, 0.2) is 0 Å². The summed E-state index contributed by atoms with van der Waals surface area (Å²) in [4.78, 5) is 25.6. The van der Waals surface area contributed by atoms with Gasteiger partial charge in [-0.3, -0.25) is 9.59 Å². The second kappa shape index (κ2) is 7.57. The molecule has 0 unspecified atom stereocenters. The molecular formula is C19H20ClN3O2. The van der Waals surface area contributed by atoms with Gasteiger partial charge in [0.25, 0.3) is 0 Å². The van der Waals surface area contributed by atoms with Gasteiger partial charge < -0.3 is 15.5 Å². The van der Waals surface area contributed by atoms with E-state index >= 15 is 0 Å². The Morgan fingerprint density at radius 1 is 1.20 bits per heavy atom. The summed E-state index contributed by atoms with van der Waals surface area (Å²) < 4.78 is 0. The summed E-state index contributed by atoms with van der Waals surface area (Å²) in [6, 6.07) is 13.0. The van der Waals surface area contributed by atoms with Crippen LogP contribution >= 0.6 is 11.6 Å². The van der Waals surface area contributed by atoms with Crippen molar-refractivity contribution in [3.8, 4) is 0 Å². The second-order valence-electron chi connectivity index (χ2n) is 6.08. The van der Waals surface area contributed by atoms with E-state index in [1.807, 2.05) is 43.3 Å². The maximum Gasteiger partial charge on any atom is 0.243 e. The van der Waals surface area contributed by atoms with Crippen LogP contribution in [-0.4, -0.2) is 24.9 Å². The number of nitrogens with one attached hydrogen (secondary N) is 2. The first-order valence-corrected chi connectivity index (χ1v) is 8.61. The van der Waals surface area contributed by atoms with Gasteiger partial charge in [0, 0.05) is 24.3 Å². The van der Waals surface area contributed by atoms with Crippen LogP contribution in [0.15, 0.2) is 42.5 Å². The number of aryl methyl sites for hydroxylation is 1. The molecule has 2 N–H and O–H groups in total. The molecule has 0 radical (unpaired) electrons. The quantitative estimate of drug-likeness (QED) is 0.855. The minimum absolute atomic E-state index is 0.131. The van der Waals surface area contributed by atoms with Crippen LogP contribution < -0.4 is 15.5 Å². The molecule has 25 heavy (non-hydrogen) atoms. The topological polar surface area (TPSA) is 61.4 Å². The number of amides is 2. The van der Waals surface area contributed by atoms with E-state index in [0.29, 0.717) is 17.1 Å². The van der Waals surface area contributed by atoms with E-state index in [0.717, 1.165) is 29.9 Å². The molecule has 130 valence electrons. The van der Waals surface area contributed by atoms with E-state index in [-0.39, 0.29) is 18.4 Å². The second-order valence-corrected chi connectivity index (χ2v) is 6.49. The number of hydrogen-bond acceptors (Lipinski definition) is 3. The third-order valence-corrected chi connectivity index (χ3v) is 4.42. The van der Waals surface area contributed by atoms with E-state index in [1.54, 1.807) is 11.0 Å². The van der Waals surface area contributed by atoms with Crippen LogP contribution in [0.3, 0.4) is 0 Å². The molecule has 1 heterocycles. The van der Waals surface area contributed by atoms with Gasteiger partial charge >= 0.3 is 0 Å². The monoisotopic (exact) mass is 357 g/mol. The smallest absolute Gasteiger partial charge is 0.243 e. The Hall–Kier alpha value is -2.53. The molecule has 1 fully saturated rings. The first-order valence-electron chi connectivity index (χ1n) is 8.23. The van der Waals surface area contributed by atoms with Crippen LogP contribution in [0.2, 0.25) is 5.02 Å². The van der Waals surface area contributed by atoms with E-state index in [2.05, 4.69) is 10.6 Å². The van der Waals surface area contributed by atoms with Crippen LogP contribution in [0.1, 0.15) is 18.4 Å². The molecule has 6 heteroatoms. The fraction of sp³-hybridized carbons (Fsp3) is 0.263. The largest absolute Gasteiger partial charge is 0.376 e. The summed E-state index contributed by atoms with van der Waals surface area (Å²) in [6.07, 6.45) is 1.52. The summed E-state index contributed by atoms with van der Waals surface area (Å²) in [6.45, 7) is 2.84. The van der Waals surface area contributed by atoms with Crippen molar-refractivity contribution in [2.24, 2.45) is 0 Å². The Morgan fingerprint density at radius 3 is 2.60 bits per heavy atom. The molecule has 2 aromatic rings. The highest BCUT2D eigenvalue weighted by Gasteiger charge is 2.21. The molecule has 3 rings (SSSR count). The molecular weight excluding hydrogens is 338 g/mol. The van der Waals surface area contributed by atoms with E-state index in [1.165, 1.54) is 0 Å². The molecule has 2 amide bonds. The van der Waals surface area contributed by atoms with Gasteiger partial charge in [0.1, 0.15) is 0 Å². The number of hydrogen-bond donors (Lipinski definition) is 2. The van der Waals surface area contributed by atoms with Gasteiger partial charge in [-0.25, -0.2) is 0 Å². The lowest BCUT2D eigenvalue weighted by Gasteiger charge is -2.16. The Labute approximate surface area is 152 Å². The average Bonchev–Trinajstić information content (AvgIpc) is 3.02. The lowest BCUT2D eigenvalue weighted by Crippen LogP contribution is -2.24. The summed E-state index contributed by atoms with van der Waals surface area (Å²) in [5.74, 6) is -0.0142. The van der Waals surface area contributed by atoms with Crippen LogP contribution in [0.25, 0.3) is 0 Å². The van der Waals surface area contributed by atoms with Crippen molar-refractivity contribution in [2.45, 2.75) is 19.8 Å². The molecule has 0 aromatic heterocycles. The molecule has 0 spiro atoms. The highest BCUT2D eigenvalue weighted by molar-refractivity contribution is 6.33. The van der Waals surface area contributed by atoms with Gasteiger partial charge in [-0.05, 0) is 55.3 Å². The molecule has 0 bridgehead atoms. The van der Waals surface area contributed by atoms with Crippen molar-refractivity contribution in [3.05, 3.63) is 53.1 Å². The molecule has 0 aliphatic carbocycles. The van der Waals surface area contributed by atoms with E-state index in [4.69, 9.17) is 11.6 Å². The normalized spacial score (nSPS) is 13.8. The first kappa shape index (κ1) is 17.3. The molecule has 1 aliphatic rings. The molecule has 1 aliphatic heterocycles. The van der Waals surface area contributed by atoms with Crippen LogP contribution in [0, 0.1) is 6.92 Å². The van der Waals surface area contributed by atoms with Gasteiger partial charge in [-0.15, -0.1) is 0 Å². The number of carbonyl (C=O) groups excluding carboxylic acids is 2. The number of carbonyl (C=O) groups is 2. The average molecular weight is 358 g/mol. The Morgan fingerprint density at radius 2 is 1.96 bits per heavy atom. The Kier molecular flexibility index (Phi) is 5.24. The predicted octanol–water partition coefficient (Wildman–Crippen LogP) is 3.83. The van der Waals surface area contributed by atoms with Crippen molar-refractivity contribution >= 4 is 40.5 Å². The number of benzene rings is 2. The van der Waals surface area contributed by atoms with E-state index < -0.39 is 0 Å². The van der Waals surface area contributed by atoms with Gasteiger partial charge in [-0.2, -0.15) is 0 Å². The minimum Gasteiger partial charge on any atom is -0.376 e. The van der Waals surface area contributed by atoms with Crippen molar-refractivity contribution in [2.75, 3.05) is 28.6 Å². The van der Waals surface area contributed by atoms with Crippen molar-refractivity contribution in [1.82, 2.24) is 0 Å². The number of halogens is 1. The summed E-state index contributed by atoms with van der Waals surface area (Å²) >= 11 is 6.11. The fourth-order valence-corrected chi connectivity index (χ4v) is 3.06. The van der Waals surface area contributed by atoms with Crippen LogP contribution in [-0.2, 0) is 9.59 Å². The van der Waals surface area contributed by atoms with Crippen LogP contribution in [0.5, 0.6) is 0 Å². The Bertz CT molecular complexity index is 790. The molecule has 5 nitrogen and oxygen atoms in total. The standard InChI is InChI=1S/C19H20ClN3O2/c1-13-4-9-17(16(20)11-13)22-18(24)12-21-14-5-7-15(8-6-14)23-10-2-3-19(23)25/h4-9,11,21H,2-3,10,12H2,1H3,(H,22,24).